The third kappa shape index (κ3) is 7.82. The molecule has 5 rings (SSSR count). The molecule has 3 amide bonds. The van der Waals surface area contributed by atoms with Gasteiger partial charge in [-0.15, -0.1) is 0 Å². The van der Waals surface area contributed by atoms with Gasteiger partial charge in [-0.05, 0) is 75.9 Å². The Hall–Kier alpha value is -4.41. The molecule has 3 aromatic carbocycles. The summed E-state index contributed by atoms with van der Waals surface area (Å²) in [6.07, 6.45) is 0.967. The smallest absolute Gasteiger partial charge is 0.264 e. The number of hydrogen-bond acceptors (Lipinski definition) is 8. The SMILES string of the molecule is COc1ccc(C(CCCNC(=O)COC(C)(C)C)N2C(=O)c3cccc(N4CCN(C(C)c5ccccc5)CC4)c3C2=O)cc1OC. The topological polar surface area (TPSA) is 101 Å². The standard InChI is InChI=1S/C38H48N4O6/c1-26(27-12-8-7-9-13-27)40-20-22-41(23-21-40)31-15-10-14-29-35(31)37(45)42(36(29)44)30(28-17-18-32(46-5)33(24-28)47-6)16-11-19-39-34(43)25-48-38(2,3)4/h7-10,12-15,17-18,24,26,30H,11,16,19-23,25H2,1-6H3,(H,39,43). The molecule has 0 aliphatic carbocycles. The predicted molar refractivity (Wildman–Crippen MR) is 186 cm³/mol. The monoisotopic (exact) mass is 656 g/mol. The number of anilines is 1. The summed E-state index contributed by atoms with van der Waals surface area (Å²) in [4.78, 5) is 46.9. The van der Waals surface area contributed by atoms with E-state index in [0.717, 1.165) is 37.4 Å². The van der Waals surface area contributed by atoms with Gasteiger partial charge >= 0.3 is 0 Å². The van der Waals surface area contributed by atoms with Crippen molar-refractivity contribution in [1.29, 1.82) is 0 Å². The van der Waals surface area contributed by atoms with Gasteiger partial charge in [-0.3, -0.25) is 24.2 Å². The highest BCUT2D eigenvalue weighted by Gasteiger charge is 2.43. The molecule has 1 fully saturated rings. The zero-order chi connectivity index (χ0) is 34.4. The number of carbonyl (C=O) groups is 3. The first kappa shape index (κ1) is 34.9. The van der Waals surface area contributed by atoms with Crippen molar-refractivity contribution in [1.82, 2.24) is 15.1 Å². The number of hydrogen-bond donors (Lipinski definition) is 1. The second-order valence-electron chi connectivity index (χ2n) is 13.3. The summed E-state index contributed by atoms with van der Waals surface area (Å²) in [5.41, 5.74) is 3.25. The van der Waals surface area contributed by atoms with E-state index in [4.69, 9.17) is 14.2 Å². The van der Waals surface area contributed by atoms with Crippen LogP contribution in [0, 0.1) is 0 Å². The zero-order valence-electron chi connectivity index (χ0n) is 29.0. The fourth-order valence-corrected chi connectivity index (χ4v) is 6.49. The van der Waals surface area contributed by atoms with Gasteiger partial charge in [-0.25, -0.2) is 0 Å². The van der Waals surface area contributed by atoms with E-state index in [-0.39, 0.29) is 30.4 Å². The summed E-state index contributed by atoms with van der Waals surface area (Å²) >= 11 is 0. The summed E-state index contributed by atoms with van der Waals surface area (Å²) in [7, 11) is 3.12. The lowest BCUT2D eigenvalue weighted by atomic mass is 9.99. The quantitative estimate of drug-likeness (QED) is 0.187. The van der Waals surface area contributed by atoms with Crippen LogP contribution in [0.5, 0.6) is 11.5 Å². The molecule has 2 unspecified atom stereocenters. The van der Waals surface area contributed by atoms with E-state index < -0.39 is 11.6 Å². The van der Waals surface area contributed by atoms with Gasteiger partial charge in [0.15, 0.2) is 11.5 Å². The van der Waals surface area contributed by atoms with E-state index in [9.17, 15) is 14.4 Å². The van der Waals surface area contributed by atoms with Crippen molar-refractivity contribution in [3.05, 3.63) is 89.0 Å². The van der Waals surface area contributed by atoms with E-state index in [1.54, 1.807) is 26.4 Å². The average molecular weight is 657 g/mol. The first-order valence-electron chi connectivity index (χ1n) is 16.7. The Morgan fingerprint density at radius 3 is 2.23 bits per heavy atom. The highest BCUT2D eigenvalue weighted by atomic mass is 16.5. The van der Waals surface area contributed by atoms with Gasteiger partial charge in [0, 0.05) is 38.8 Å². The summed E-state index contributed by atoms with van der Waals surface area (Å²) in [5.74, 6) is 0.212. The van der Waals surface area contributed by atoms with Gasteiger partial charge in [-0.1, -0.05) is 42.5 Å². The number of nitrogens with one attached hydrogen (secondary N) is 1. The molecule has 2 heterocycles. The van der Waals surface area contributed by atoms with Crippen LogP contribution in [0.3, 0.4) is 0 Å². The molecule has 10 nitrogen and oxygen atoms in total. The van der Waals surface area contributed by atoms with Crippen molar-refractivity contribution in [2.75, 3.05) is 58.5 Å². The largest absolute Gasteiger partial charge is 0.493 e. The number of piperazine rings is 1. The fourth-order valence-electron chi connectivity index (χ4n) is 6.49. The second-order valence-corrected chi connectivity index (χ2v) is 13.3. The minimum absolute atomic E-state index is 0.0385. The molecule has 0 spiro atoms. The van der Waals surface area contributed by atoms with Crippen LogP contribution in [0.15, 0.2) is 66.7 Å². The maximum Gasteiger partial charge on any atom is 0.264 e. The molecular formula is C38H48N4O6. The maximum atomic E-state index is 14.4. The number of methoxy groups -OCH3 is 2. The number of fused-ring (bicyclic) bond motifs is 1. The molecule has 3 aromatic rings. The zero-order valence-corrected chi connectivity index (χ0v) is 29.0. The van der Waals surface area contributed by atoms with Gasteiger partial charge in [0.05, 0.1) is 42.7 Å². The molecule has 0 radical (unpaired) electrons. The third-order valence-corrected chi connectivity index (χ3v) is 9.13. The normalized spacial score (nSPS) is 16.5. The van der Waals surface area contributed by atoms with Crippen molar-refractivity contribution < 1.29 is 28.6 Å². The molecule has 0 aromatic heterocycles. The van der Waals surface area contributed by atoms with Crippen molar-refractivity contribution in [2.24, 2.45) is 0 Å². The van der Waals surface area contributed by atoms with Crippen LogP contribution in [0.2, 0.25) is 0 Å². The molecule has 0 saturated carbocycles. The Kier molecular flexibility index (Phi) is 11.1. The Labute approximate surface area is 283 Å². The molecule has 48 heavy (non-hydrogen) atoms. The lowest BCUT2D eigenvalue weighted by molar-refractivity contribution is -0.130. The molecule has 2 aliphatic heterocycles. The van der Waals surface area contributed by atoms with Crippen LogP contribution in [-0.4, -0.2) is 86.7 Å². The number of ether oxygens (including phenoxy) is 3. The molecule has 0 bridgehead atoms. The highest BCUT2D eigenvalue weighted by molar-refractivity contribution is 6.24. The summed E-state index contributed by atoms with van der Waals surface area (Å²) in [6.45, 7) is 11.4. The molecule has 2 aliphatic rings. The summed E-state index contributed by atoms with van der Waals surface area (Å²) in [5, 5.41) is 2.90. The fraction of sp³-hybridized carbons (Fsp3) is 0.447. The minimum atomic E-state index is -0.587. The number of benzene rings is 3. The second kappa shape index (κ2) is 15.2. The lowest BCUT2D eigenvalue weighted by Crippen LogP contribution is -2.47. The van der Waals surface area contributed by atoms with Crippen LogP contribution in [0.1, 0.15) is 84.5 Å². The van der Waals surface area contributed by atoms with Crippen LogP contribution in [0.4, 0.5) is 5.69 Å². The van der Waals surface area contributed by atoms with Crippen LogP contribution >= 0.6 is 0 Å². The molecule has 256 valence electrons. The highest BCUT2D eigenvalue weighted by Crippen LogP contribution is 2.40. The van der Waals surface area contributed by atoms with Gasteiger partial charge in [0.25, 0.3) is 11.8 Å². The van der Waals surface area contributed by atoms with E-state index >= 15 is 0 Å². The number of carbonyl (C=O) groups excluding carboxylic acids is 3. The molecule has 1 saturated heterocycles. The first-order chi connectivity index (χ1) is 23.0. The minimum Gasteiger partial charge on any atom is -0.493 e. The first-order valence-corrected chi connectivity index (χ1v) is 16.7. The van der Waals surface area contributed by atoms with Crippen molar-refractivity contribution >= 4 is 23.4 Å². The number of imide groups is 1. The third-order valence-electron chi connectivity index (χ3n) is 9.13. The van der Waals surface area contributed by atoms with E-state index in [0.29, 0.717) is 42.0 Å². The Bertz CT molecular complexity index is 1600. The van der Waals surface area contributed by atoms with E-state index in [1.807, 2.05) is 51.1 Å². The van der Waals surface area contributed by atoms with Gasteiger partial charge in [0.1, 0.15) is 6.61 Å². The number of amides is 3. The number of rotatable bonds is 13. The van der Waals surface area contributed by atoms with E-state index in [1.165, 1.54) is 10.5 Å². The molecule has 10 heteroatoms. The van der Waals surface area contributed by atoms with Crippen molar-refractivity contribution in [3.8, 4) is 11.5 Å². The molecule has 1 N–H and O–H groups in total. The van der Waals surface area contributed by atoms with Crippen molar-refractivity contribution in [2.45, 2.75) is 58.2 Å². The van der Waals surface area contributed by atoms with Gasteiger partial charge in [-0.2, -0.15) is 0 Å². The maximum absolute atomic E-state index is 14.4. The van der Waals surface area contributed by atoms with Crippen LogP contribution in [-0.2, 0) is 9.53 Å². The molecule has 2 atom stereocenters. The average Bonchev–Trinajstić information content (AvgIpc) is 3.35. The van der Waals surface area contributed by atoms with Gasteiger partial charge < -0.3 is 24.4 Å². The Morgan fingerprint density at radius 1 is 0.854 bits per heavy atom. The summed E-state index contributed by atoms with van der Waals surface area (Å²) in [6, 6.07) is 21.2. The summed E-state index contributed by atoms with van der Waals surface area (Å²) < 4.78 is 16.6. The van der Waals surface area contributed by atoms with Crippen LogP contribution in [0.25, 0.3) is 0 Å². The van der Waals surface area contributed by atoms with E-state index in [2.05, 4.69) is 46.3 Å². The van der Waals surface area contributed by atoms with Crippen molar-refractivity contribution in [3.63, 3.8) is 0 Å². The predicted octanol–water partition coefficient (Wildman–Crippen LogP) is 5.64. The molecular weight excluding hydrogens is 608 g/mol. The Balaban J connectivity index is 1.35. The van der Waals surface area contributed by atoms with Gasteiger partial charge in [0.2, 0.25) is 5.91 Å². The van der Waals surface area contributed by atoms with Crippen LogP contribution < -0.4 is 19.7 Å². The Morgan fingerprint density at radius 2 is 1.56 bits per heavy atom. The number of nitrogens with zero attached hydrogens (tertiary/aromatic N) is 3. The lowest BCUT2D eigenvalue weighted by Gasteiger charge is -2.39.